The molecule has 156 valence electrons. The summed E-state index contributed by atoms with van der Waals surface area (Å²) < 4.78 is 5.43. The molecule has 29 heavy (non-hydrogen) atoms. The maximum atomic E-state index is 12.4. The van der Waals surface area contributed by atoms with Crippen molar-refractivity contribution >= 4 is 17.6 Å². The fraction of sp³-hybridized carbons (Fsp3) is 0.440. The molecule has 0 fully saturated rings. The maximum Gasteiger partial charge on any atom is 0.340 e. The van der Waals surface area contributed by atoms with Gasteiger partial charge in [-0.1, -0.05) is 88.6 Å². The molecule has 0 aliphatic rings. The highest BCUT2D eigenvalue weighted by Gasteiger charge is 2.15. The summed E-state index contributed by atoms with van der Waals surface area (Å²) in [5.41, 5.74) is 1.40. The van der Waals surface area contributed by atoms with Gasteiger partial charge in [-0.15, -0.1) is 0 Å². The van der Waals surface area contributed by atoms with Crippen LogP contribution in [0.3, 0.4) is 0 Å². The van der Waals surface area contributed by atoms with Crippen molar-refractivity contribution in [1.82, 2.24) is 0 Å². The van der Waals surface area contributed by atoms with Crippen LogP contribution < -0.4 is 5.32 Å². The molecule has 0 radical (unpaired) electrons. The number of benzene rings is 2. The highest BCUT2D eigenvalue weighted by Crippen LogP contribution is 2.18. The fourth-order valence-corrected chi connectivity index (χ4v) is 3.21. The van der Waals surface area contributed by atoms with E-state index in [1.807, 2.05) is 6.07 Å². The van der Waals surface area contributed by atoms with Crippen molar-refractivity contribution in [3.05, 3.63) is 65.7 Å². The Morgan fingerprint density at radius 2 is 1.34 bits per heavy atom. The molecule has 0 saturated carbocycles. The van der Waals surface area contributed by atoms with Crippen LogP contribution in [-0.4, -0.2) is 18.5 Å². The van der Waals surface area contributed by atoms with Gasteiger partial charge >= 0.3 is 5.97 Å². The predicted octanol–water partition coefficient (Wildman–Crippen LogP) is 6.63. The lowest BCUT2D eigenvalue weighted by molar-refractivity contribution is 0.0499. The zero-order valence-corrected chi connectivity index (χ0v) is 17.5. The topological polar surface area (TPSA) is 55.4 Å². The number of carbonyl (C=O) groups excluding carboxylic acids is 2. The second-order valence-electron chi connectivity index (χ2n) is 7.33. The summed E-state index contributed by atoms with van der Waals surface area (Å²) in [6.07, 6.45) is 11.0. The molecule has 0 aliphatic carbocycles. The van der Waals surface area contributed by atoms with E-state index in [0.29, 0.717) is 23.4 Å². The molecule has 4 nitrogen and oxygen atoms in total. The summed E-state index contributed by atoms with van der Waals surface area (Å²) in [7, 11) is 0. The summed E-state index contributed by atoms with van der Waals surface area (Å²) in [6.45, 7) is 2.65. The number of amides is 1. The van der Waals surface area contributed by atoms with E-state index < -0.39 is 5.97 Å². The summed E-state index contributed by atoms with van der Waals surface area (Å²) in [5.74, 6) is -0.640. The first-order valence-electron chi connectivity index (χ1n) is 10.8. The first kappa shape index (κ1) is 22.7. The molecule has 2 rings (SSSR count). The normalized spacial score (nSPS) is 10.5. The summed E-state index contributed by atoms with van der Waals surface area (Å²) >= 11 is 0. The number of esters is 1. The van der Waals surface area contributed by atoms with Crippen molar-refractivity contribution in [3.63, 3.8) is 0 Å². The number of anilines is 1. The Labute approximate surface area is 174 Å². The van der Waals surface area contributed by atoms with Crippen LogP contribution in [0.25, 0.3) is 0 Å². The third kappa shape index (κ3) is 8.51. The van der Waals surface area contributed by atoms with Gasteiger partial charge in [0.25, 0.3) is 5.91 Å². The van der Waals surface area contributed by atoms with Gasteiger partial charge in [-0.25, -0.2) is 4.79 Å². The molecule has 0 spiro atoms. The van der Waals surface area contributed by atoms with Gasteiger partial charge < -0.3 is 10.1 Å². The maximum absolute atomic E-state index is 12.4. The van der Waals surface area contributed by atoms with Crippen molar-refractivity contribution in [3.8, 4) is 0 Å². The molecular weight excluding hydrogens is 362 g/mol. The number of unbranched alkanes of at least 4 members (excludes halogenated alkanes) is 8. The smallest absolute Gasteiger partial charge is 0.340 e. The molecule has 0 heterocycles. The summed E-state index contributed by atoms with van der Waals surface area (Å²) in [6, 6.07) is 15.9. The Morgan fingerprint density at radius 3 is 2.03 bits per heavy atom. The standard InChI is InChI=1S/C25H33NO3/c1-2-3-4-5-6-7-8-9-15-20-29-25(28)22-18-13-14-19-23(22)26-24(27)21-16-11-10-12-17-21/h10-14,16-19H,2-9,15,20H2,1H3,(H,26,27). The molecule has 0 bridgehead atoms. The average Bonchev–Trinajstić information content (AvgIpc) is 2.76. The van der Waals surface area contributed by atoms with E-state index in [1.54, 1.807) is 48.5 Å². The Hall–Kier alpha value is -2.62. The van der Waals surface area contributed by atoms with E-state index in [9.17, 15) is 9.59 Å². The third-order valence-corrected chi connectivity index (χ3v) is 4.91. The van der Waals surface area contributed by atoms with Crippen LogP contribution >= 0.6 is 0 Å². The van der Waals surface area contributed by atoms with Crippen molar-refractivity contribution in [2.75, 3.05) is 11.9 Å². The van der Waals surface area contributed by atoms with Gasteiger partial charge in [0.05, 0.1) is 17.9 Å². The monoisotopic (exact) mass is 395 g/mol. The summed E-state index contributed by atoms with van der Waals surface area (Å²) in [4.78, 5) is 24.8. The van der Waals surface area contributed by atoms with Crippen LogP contribution in [0.1, 0.15) is 85.4 Å². The lowest BCUT2D eigenvalue weighted by Gasteiger charge is -2.11. The molecular formula is C25H33NO3. The number of hydrogen-bond acceptors (Lipinski definition) is 3. The van der Waals surface area contributed by atoms with Crippen molar-refractivity contribution < 1.29 is 14.3 Å². The minimum atomic E-state index is -0.395. The van der Waals surface area contributed by atoms with Gasteiger partial charge in [0, 0.05) is 5.56 Å². The van der Waals surface area contributed by atoms with Gasteiger partial charge in [-0.3, -0.25) is 4.79 Å². The second-order valence-corrected chi connectivity index (χ2v) is 7.33. The SMILES string of the molecule is CCCCCCCCCCCOC(=O)c1ccccc1NC(=O)c1ccccc1. The highest BCUT2D eigenvalue weighted by molar-refractivity contribution is 6.07. The number of rotatable bonds is 13. The molecule has 4 heteroatoms. The first-order chi connectivity index (χ1) is 14.2. The van der Waals surface area contributed by atoms with E-state index in [2.05, 4.69) is 12.2 Å². The van der Waals surface area contributed by atoms with Crippen LogP contribution in [0.5, 0.6) is 0 Å². The number of ether oxygens (including phenoxy) is 1. The minimum absolute atomic E-state index is 0.246. The Kier molecular flexibility index (Phi) is 10.6. The average molecular weight is 396 g/mol. The van der Waals surface area contributed by atoms with Crippen molar-refractivity contribution in [2.45, 2.75) is 64.7 Å². The molecule has 2 aromatic rings. The molecule has 0 saturated heterocycles. The van der Waals surface area contributed by atoms with E-state index in [-0.39, 0.29) is 5.91 Å². The van der Waals surface area contributed by atoms with Gasteiger partial charge in [0.2, 0.25) is 0 Å². The molecule has 1 amide bonds. The molecule has 0 aliphatic heterocycles. The van der Waals surface area contributed by atoms with Crippen LogP contribution in [0.4, 0.5) is 5.69 Å². The quantitative estimate of drug-likeness (QED) is 0.306. The van der Waals surface area contributed by atoms with Crippen LogP contribution in [0, 0.1) is 0 Å². The minimum Gasteiger partial charge on any atom is -0.462 e. The number of para-hydroxylation sites is 1. The van der Waals surface area contributed by atoms with Crippen molar-refractivity contribution in [2.24, 2.45) is 0 Å². The van der Waals surface area contributed by atoms with Gasteiger partial charge in [0.1, 0.15) is 0 Å². The number of carbonyl (C=O) groups is 2. The highest BCUT2D eigenvalue weighted by atomic mass is 16.5. The molecule has 1 N–H and O–H groups in total. The number of hydrogen-bond donors (Lipinski definition) is 1. The Balaban J connectivity index is 1.72. The van der Waals surface area contributed by atoms with E-state index in [0.717, 1.165) is 12.8 Å². The van der Waals surface area contributed by atoms with E-state index in [1.165, 1.54) is 44.9 Å². The van der Waals surface area contributed by atoms with Crippen molar-refractivity contribution in [1.29, 1.82) is 0 Å². The largest absolute Gasteiger partial charge is 0.462 e. The third-order valence-electron chi connectivity index (χ3n) is 4.91. The van der Waals surface area contributed by atoms with Gasteiger partial charge in [-0.05, 0) is 30.7 Å². The lowest BCUT2D eigenvalue weighted by Crippen LogP contribution is -2.16. The number of nitrogens with one attached hydrogen (secondary N) is 1. The van der Waals surface area contributed by atoms with E-state index >= 15 is 0 Å². The van der Waals surface area contributed by atoms with Gasteiger partial charge in [0.15, 0.2) is 0 Å². The molecule has 2 aromatic carbocycles. The zero-order valence-electron chi connectivity index (χ0n) is 17.5. The zero-order chi connectivity index (χ0) is 20.7. The van der Waals surface area contributed by atoms with Crippen LogP contribution in [-0.2, 0) is 4.74 Å². The molecule has 0 aromatic heterocycles. The van der Waals surface area contributed by atoms with Gasteiger partial charge in [-0.2, -0.15) is 0 Å². The fourth-order valence-electron chi connectivity index (χ4n) is 3.21. The Bertz CT molecular complexity index is 743. The predicted molar refractivity (Wildman–Crippen MR) is 118 cm³/mol. The van der Waals surface area contributed by atoms with E-state index in [4.69, 9.17) is 4.74 Å². The Morgan fingerprint density at radius 1 is 0.759 bits per heavy atom. The second kappa shape index (κ2) is 13.5. The lowest BCUT2D eigenvalue weighted by atomic mass is 10.1. The summed E-state index contributed by atoms with van der Waals surface area (Å²) in [5, 5.41) is 2.81. The first-order valence-corrected chi connectivity index (χ1v) is 10.8. The molecule has 0 atom stereocenters. The molecule has 0 unspecified atom stereocenters. The van der Waals surface area contributed by atoms with Crippen LogP contribution in [0.15, 0.2) is 54.6 Å². The van der Waals surface area contributed by atoms with Crippen LogP contribution in [0.2, 0.25) is 0 Å².